The summed E-state index contributed by atoms with van der Waals surface area (Å²) in [6, 6.07) is 4.84. The van der Waals surface area contributed by atoms with Crippen molar-refractivity contribution in [1.82, 2.24) is 15.1 Å². The van der Waals surface area contributed by atoms with E-state index in [0.717, 1.165) is 63.9 Å². The molecule has 4 rings (SSSR count). The van der Waals surface area contributed by atoms with E-state index in [1.54, 1.807) is 11.0 Å². The smallest absolute Gasteiger partial charge is 0.355 e. The van der Waals surface area contributed by atoms with Gasteiger partial charge in [0.1, 0.15) is 6.54 Å². The number of halogens is 3. The predicted octanol–water partition coefficient (Wildman–Crippen LogP) is 4.54. The van der Waals surface area contributed by atoms with Crippen molar-refractivity contribution in [2.45, 2.75) is 62.4 Å². The Kier molecular flexibility index (Phi) is 8.24. The quantitative estimate of drug-likeness (QED) is 0.446. The summed E-state index contributed by atoms with van der Waals surface area (Å²) in [5, 5.41) is 3.17. The van der Waals surface area contributed by atoms with Gasteiger partial charge in [0.15, 0.2) is 0 Å². The second-order valence-corrected chi connectivity index (χ2v) is 10.6. The molecule has 1 saturated carbocycles. The number of nitrogens with zero attached hydrogens (tertiary/aromatic N) is 2. The van der Waals surface area contributed by atoms with Crippen molar-refractivity contribution >= 4 is 29.7 Å². The molecule has 1 aromatic rings. The van der Waals surface area contributed by atoms with Crippen LogP contribution in [0.25, 0.3) is 6.08 Å². The molecule has 34 heavy (non-hydrogen) atoms. The van der Waals surface area contributed by atoms with Gasteiger partial charge >= 0.3 is 6.18 Å². The molecule has 2 amide bonds. The normalized spacial score (nSPS) is 25.0. The van der Waals surface area contributed by atoms with Gasteiger partial charge in [-0.05, 0) is 75.5 Å². The zero-order chi connectivity index (χ0) is 24.1. The number of hydrogen-bond acceptors (Lipinski definition) is 4. The number of carbonyl (C=O) groups excluding carboxylic acids is 2. The molecular weight excluding hydrogens is 463 g/mol. The lowest BCUT2D eigenvalue weighted by atomic mass is 9.93. The van der Waals surface area contributed by atoms with Gasteiger partial charge in [0, 0.05) is 17.8 Å². The highest BCUT2D eigenvalue weighted by Crippen LogP contribution is 2.42. The van der Waals surface area contributed by atoms with Crippen LogP contribution in [0.4, 0.5) is 13.2 Å². The maximum atomic E-state index is 13.3. The number of carbonyl (C=O) groups is 2. The van der Waals surface area contributed by atoms with E-state index >= 15 is 0 Å². The van der Waals surface area contributed by atoms with Crippen LogP contribution in [-0.2, 0) is 15.8 Å². The summed E-state index contributed by atoms with van der Waals surface area (Å²) in [5.41, 5.74) is -0.169. The standard InChI is InChI=1S/C25H32F3N3O2S/c26-25(27,28)19-10-8-18(9-11-19)16-22-24(33)31(20-6-1-2-7-21(20)34-22)17-23(32)29-12-5-15-30-13-3-4-14-30/h8-11,16,20-21H,1-7,12-15,17H2,(H,29,32)/b22-16-. The fraction of sp³-hybridized carbons (Fsp3) is 0.600. The Morgan fingerprint density at radius 1 is 1.09 bits per heavy atom. The van der Waals surface area contributed by atoms with Crippen LogP contribution in [-0.4, -0.2) is 65.6 Å². The van der Waals surface area contributed by atoms with Crippen molar-refractivity contribution in [3.8, 4) is 0 Å². The number of rotatable bonds is 7. The Labute approximate surface area is 203 Å². The second kappa shape index (κ2) is 11.2. The molecule has 0 bridgehead atoms. The third-order valence-corrected chi connectivity index (χ3v) is 8.24. The molecule has 1 N–H and O–H groups in total. The third-order valence-electron chi connectivity index (χ3n) is 6.84. The molecule has 2 aliphatic heterocycles. The van der Waals surface area contributed by atoms with Gasteiger partial charge in [0.05, 0.1) is 10.5 Å². The van der Waals surface area contributed by atoms with Crippen molar-refractivity contribution in [2.24, 2.45) is 0 Å². The Hall–Kier alpha value is -2.00. The van der Waals surface area contributed by atoms with Crippen LogP contribution in [0.2, 0.25) is 0 Å². The van der Waals surface area contributed by atoms with E-state index in [9.17, 15) is 22.8 Å². The molecule has 2 saturated heterocycles. The average Bonchev–Trinajstić information content (AvgIpc) is 3.33. The summed E-state index contributed by atoms with van der Waals surface area (Å²) in [5.74, 6) is -0.361. The number of hydrogen-bond donors (Lipinski definition) is 1. The molecule has 0 spiro atoms. The van der Waals surface area contributed by atoms with Crippen LogP contribution < -0.4 is 5.32 Å². The summed E-state index contributed by atoms with van der Waals surface area (Å²) < 4.78 is 38.6. The molecule has 0 aromatic heterocycles. The van der Waals surface area contributed by atoms with Gasteiger partial charge in [0.25, 0.3) is 5.91 Å². The summed E-state index contributed by atoms with van der Waals surface area (Å²) in [4.78, 5) is 30.6. The first kappa shape index (κ1) is 25.1. The van der Waals surface area contributed by atoms with Crippen LogP contribution in [0.15, 0.2) is 29.2 Å². The first-order chi connectivity index (χ1) is 16.3. The lowest BCUT2D eigenvalue weighted by Gasteiger charge is -2.43. The molecular formula is C25H32F3N3O2S. The largest absolute Gasteiger partial charge is 0.416 e. The van der Waals surface area contributed by atoms with Gasteiger partial charge in [-0.25, -0.2) is 0 Å². The molecule has 2 unspecified atom stereocenters. The monoisotopic (exact) mass is 495 g/mol. The number of nitrogens with one attached hydrogen (secondary N) is 1. The molecule has 0 radical (unpaired) electrons. The first-order valence-corrected chi connectivity index (χ1v) is 13.0. The molecule has 186 valence electrons. The van der Waals surface area contributed by atoms with Crippen molar-refractivity contribution < 1.29 is 22.8 Å². The van der Waals surface area contributed by atoms with Gasteiger partial charge in [-0.2, -0.15) is 13.2 Å². The van der Waals surface area contributed by atoms with Crippen LogP contribution >= 0.6 is 11.8 Å². The zero-order valence-electron chi connectivity index (χ0n) is 19.3. The van der Waals surface area contributed by atoms with Crippen LogP contribution in [0, 0.1) is 0 Å². The van der Waals surface area contributed by atoms with Gasteiger partial charge in [-0.1, -0.05) is 25.0 Å². The van der Waals surface area contributed by atoms with Crippen LogP contribution in [0.1, 0.15) is 56.1 Å². The Bertz CT molecular complexity index is 898. The average molecular weight is 496 g/mol. The van der Waals surface area contributed by atoms with Gasteiger partial charge in [-0.15, -0.1) is 11.8 Å². The minimum absolute atomic E-state index is 0.0198. The lowest BCUT2D eigenvalue weighted by molar-refractivity contribution is -0.137. The number of benzene rings is 1. The minimum Gasteiger partial charge on any atom is -0.355 e. The van der Waals surface area contributed by atoms with E-state index in [2.05, 4.69) is 10.2 Å². The molecule has 5 nitrogen and oxygen atoms in total. The summed E-state index contributed by atoms with van der Waals surface area (Å²) in [6.07, 6.45) is 4.57. The highest BCUT2D eigenvalue weighted by atomic mass is 32.2. The highest BCUT2D eigenvalue weighted by Gasteiger charge is 2.41. The summed E-state index contributed by atoms with van der Waals surface area (Å²) in [6.45, 7) is 3.85. The Morgan fingerprint density at radius 2 is 1.79 bits per heavy atom. The van der Waals surface area contributed by atoms with E-state index in [-0.39, 0.29) is 29.7 Å². The topological polar surface area (TPSA) is 52.7 Å². The maximum absolute atomic E-state index is 13.3. The molecule has 9 heteroatoms. The number of thioether (sulfide) groups is 1. The number of fused-ring (bicyclic) bond motifs is 1. The minimum atomic E-state index is -4.39. The lowest BCUT2D eigenvalue weighted by Crippen LogP contribution is -2.54. The van der Waals surface area contributed by atoms with Crippen molar-refractivity contribution in [3.05, 3.63) is 40.3 Å². The summed E-state index contributed by atoms with van der Waals surface area (Å²) >= 11 is 1.50. The number of alkyl halides is 3. The zero-order valence-corrected chi connectivity index (χ0v) is 20.1. The molecule has 2 atom stereocenters. The van der Waals surface area contributed by atoms with Crippen molar-refractivity contribution in [2.75, 3.05) is 32.7 Å². The molecule has 3 fully saturated rings. The second-order valence-electron chi connectivity index (χ2n) is 9.32. The van der Waals surface area contributed by atoms with Gasteiger partial charge < -0.3 is 15.1 Å². The van der Waals surface area contributed by atoms with E-state index in [1.807, 2.05) is 0 Å². The number of likely N-dealkylation sites (tertiary alicyclic amines) is 1. The van der Waals surface area contributed by atoms with E-state index < -0.39 is 11.7 Å². The van der Waals surface area contributed by atoms with Gasteiger partial charge in [-0.3, -0.25) is 9.59 Å². The molecule has 3 aliphatic rings. The predicted molar refractivity (Wildman–Crippen MR) is 128 cm³/mol. The first-order valence-electron chi connectivity index (χ1n) is 12.2. The van der Waals surface area contributed by atoms with Crippen LogP contribution in [0.5, 0.6) is 0 Å². The maximum Gasteiger partial charge on any atom is 0.416 e. The Balaban J connectivity index is 1.40. The Morgan fingerprint density at radius 3 is 2.50 bits per heavy atom. The molecule has 1 aliphatic carbocycles. The van der Waals surface area contributed by atoms with E-state index in [4.69, 9.17) is 0 Å². The van der Waals surface area contributed by atoms with E-state index in [0.29, 0.717) is 17.0 Å². The fourth-order valence-electron chi connectivity index (χ4n) is 5.03. The molecule has 2 heterocycles. The van der Waals surface area contributed by atoms with Crippen molar-refractivity contribution in [3.63, 3.8) is 0 Å². The third kappa shape index (κ3) is 6.36. The van der Waals surface area contributed by atoms with Gasteiger partial charge in [0.2, 0.25) is 5.91 Å². The van der Waals surface area contributed by atoms with Crippen molar-refractivity contribution in [1.29, 1.82) is 0 Å². The molecule has 1 aromatic carbocycles. The van der Waals surface area contributed by atoms with E-state index in [1.165, 1.54) is 36.7 Å². The highest BCUT2D eigenvalue weighted by molar-refractivity contribution is 8.04. The van der Waals surface area contributed by atoms with Crippen LogP contribution in [0.3, 0.4) is 0 Å². The SMILES string of the molecule is O=C(CN1C(=O)/C(=C/c2ccc(C(F)(F)F)cc2)SC2CCCCC21)NCCCN1CCCC1. The summed E-state index contributed by atoms with van der Waals surface area (Å²) in [7, 11) is 0. The number of amides is 2. The fourth-order valence-corrected chi connectivity index (χ4v) is 6.50.